The van der Waals surface area contributed by atoms with E-state index in [1.807, 2.05) is 0 Å². The van der Waals surface area contributed by atoms with E-state index in [0.717, 1.165) is 0 Å². The molecule has 274 valence electrons. The summed E-state index contributed by atoms with van der Waals surface area (Å²) < 4.78 is 317. The fraction of sp³-hybridized carbons (Fsp3) is 0.0714. The Hall–Kier alpha value is -5.03. The van der Waals surface area contributed by atoms with Gasteiger partial charge in [0.15, 0.2) is 98.8 Å². The normalized spacial score (nSPS) is 17.2. The summed E-state index contributed by atoms with van der Waals surface area (Å²) in [5.74, 6) is -71.1. The second kappa shape index (κ2) is 11.5. The Morgan fingerprint density at radius 2 is 0.731 bits per heavy atom. The monoisotopic (exact) mass is 778 g/mol. The molecule has 2 aliphatic carbocycles. The van der Waals surface area contributed by atoms with Crippen LogP contribution in [-0.2, 0) is 16.4 Å². The summed E-state index contributed by atoms with van der Waals surface area (Å²) in [6.07, 6.45) is 0. The highest BCUT2D eigenvalue weighted by molar-refractivity contribution is 6.62. The van der Waals surface area contributed by atoms with Crippen molar-refractivity contribution >= 4 is 18.4 Å². The van der Waals surface area contributed by atoms with Gasteiger partial charge in [-0.05, 0) is 0 Å². The van der Waals surface area contributed by atoms with Crippen LogP contribution in [-0.4, -0.2) is 7.12 Å². The van der Waals surface area contributed by atoms with E-state index in [-0.39, 0.29) is 0 Å². The van der Waals surface area contributed by atoms with Crippen molar-refractivity contribution in [3.8, 4) is 16.9 Å². The van der Waals surface area contributed by atoms with Crippen LogP contribution in [0.2, 0.25) is 0 Å². The summed E-state index contributed by atoms with van der Waals surface area (Å²) in [6.45, 7) is 0. The molecule has 0 heterocycles. The minimum absolute atomic E-state index is 2.45. The van der Waals surface area contributed by atoms with Gasteiger partial charge in [-0.3, -0.25) is 0 Å². The minimum atomic E-state index is -5.75. The van der Waals surface area contributed by atoms with Gasteiger partial charge in [-0.2, -0.15) is 17.6 Å². The Labute approximate surface area is 270 Å². The van der Waals surface area contributed by atoms with Crippen LogP contribution >= 0.6 is 0 Å². The van der Waals surface area contributed by atoms with Crippen LogP contribution in [0, 0.1) is 93.1 Å². The molecule has 0 aromatic heterocycles. The van der Waals surface area contributed by atoms with E-state index in [4.69, 9.17) is 0 Å². The van der Waals surface area contributed by atoms with Crippen molar-refractivity contribution in [3.05, 3.63) is 121 Å². The van der Waals surface area contributed by atoms with E-state index in [0.29, 0.717) is 0 Å². The fourth-order valence-electron chi connectivity index (χ4n) is 5.41. The van der Waals surface area contributed by atoms with Crippen molar-refractivity contribution in [3.63, 3.8) is 0 Å². The van der Waals surface area contributed by atoms with Crippen LogP contribution in [0.3, 0.4) is 0 Å². The molecule has 0 radical (unpaired) electrons. The molecule has 1 atom stereocenters. The van der Waals surface area contributed by atoms with Crippen LogP contribution in [0.15, 0.2) is 5.83 Å². The van der Waals surface area contributed by atoms with E-state index < -0.39 is 168 Å². The molecule has 0 saturated carbocycles. The predicted octanol–water partition coefficient (Wildman–Crippen LogP) is 9.27. The third kappa shape index (κ3) is 4.44. The molecule has 0 amide bonds. The molecule has 6 rings (SSSR count). The van der Waals surface area contributed by atoms with Gasteiger partial charge in [-0.1, -0.05) is 0 Å². The van der Waals surface area contributed by atoms with Gasteiger partial charge in [-0.15, -0.1) is 0 Å². The minimum Gasteiger partial charge on any atom is -0.530 e. The van der Waals surface area contributed by atoms with Crippen molar-refractivity contribution in [2.24, 2.45) is 0 Å². The number of hydrogen-bond acceptors (Lipinski definition) is 2. The number of alkyl halides is 3. The van der Waals surface area contributed by atoms with Gasteiger partial charge in [0.05, 0.1) is 27.7 Å². The maximum Gasteiger partial charge on any atom is 0.572 e. The van der Waals surface area contributed by atoms with Gasteiger partial charge >= 0.3 is 13.0 Å². The van der Waals surface area contributed by atoms with E-state index in [1.165, 1.54) is 0 Å². The molecule has 0 fully saturated rings. The quantitative estimate of drug-likeness (QED) is 0.0872. The van der Waals surface area contributed by atoms with Crippen LogP contribution < -0.4 is 10.1 Å². The molecule has 0 bridgehead atoms. The summed E-state index contributed by atoms with van der Waals surface area (Å²) in [6, 6.07) is 0. The van der Waals surface area contributed by atoms with Gasteiger partial charge in [0.2, 0.25) is 11.6 Å². The number of hydrogen-bond donors (Lipinski definition) is 0. The zero-order valence-electron chi connectivity index (χ0n) is 23.3. The lowest BCUT2D eigenvalue weighted by Gasteiger charge is -2.28. The first-order chi connectivity index (χ1) is 24.0. The summed E-state index contributed by atoms with van der Waals surface area (Å²) in [5.41, 5.74) is -19.1. The van der Waals surface area contributed by atoms with Crippen LogP contribution in [0.25, 0.3) is 17.0 Å². The average molecular weight is 778 g/mol. The van der Waals surface area contributed by atoms with Crippen LogP contribution in [0.4, 0.5) is 92.2 Å². The van der Waals surface area contributed by atoms with Crippen molar-refractivity contribution in [2.75, 3.05) is 0 Å². The zero-order chi connectivity index (χ0) is 39.0. The number of halogens is 21. The molecule has 4 aromatic rings. The topological polar surface area (TPSA) is 18.5 Å². The molecule has 4 aromatic carbocycles. The third-order valence-electron chi connectivity index (χ3n) is 7.68. The summed E-state index contributed by atoms with van der Waals surface area (Å²) in [7, 11) is -4.53. The molecule has 0 aliphatic heterocycles. The maximum atomic E-state index is 16.2. The Morgan fingerprint density at radius 1 is 0.365 bits per heavy atom. The summed E-state index contributed by atoms with van der Waals surface area (Å²) in [5, 5.41) is 0. The van der Waals surface area contributed by atoms with Crippen molar-refractivity contribution in [1.29, 1.82) is 0 Å². The molecule has 2 aliphatic rings. The van der Waals surface area contributed by atoms with Gasteiger partial charge in [0, 0.05) is 11.1 Å². The SMILES string of the molecule is FC1=C(F)C(F)(OB(Oc2c(F)c(F)c(F)c3c2C(F)(F)c2c(F)c(F)c(F)c(F)c2-3)c2c(F)c(F)c(F)c(F)c2F)c2c(F)c(F)c(F)c(F)c21. The predicted molar refractivity (Wildman–Crippen MR) is 126 cm³/mol. The lowest BCUT2D eigenvalue weighted by atomic mass is 9.76. The van der Waals surface area contributed by atoms with E-state index in [1.54, 1.807) is 0 Å². The van der Waals surface area contributed by atoms with Crippen molar-refractivity contribution in [2.45, 2.75) is 11.8 Å². The highest BCUT2D eigenvalue weighted by Gasteiger charge is 2.60. The van der Waals surface area contributed by atoms with E-state index >= 15 is 22.0 Å². The first kappa shape index (κ1) is 36.8. The molecule has 24 heteroatoms. The highest BCUT2D eigenvalue weighted by atomic mass is 19.3. The summed E-state index contributed by atoms with van der Waals surface area (Å²) >= 11 is 0. The Kier molecular flexibility index (Phi) is 8.12. The second-order valence-corrected chi connectivity index (χ2v) is 10.4. The van der Waals surface area contributed by atoms with E-state index in [9.17, 15) is 70.2 Å². The van der Waals surface area contributed by atoms with Gasteiger partial charge in [0.1, 0.15) is 0 Å². The largest absolute Gasteiger partial charge is 0.572 e. The highest BCUT2D eigenvalue weighted by Crippen LogP contribution is 2.59. The van der Waals surface area contributed by atoms with Gasteiger partial charge in [0.25, 0.3) is 5.85 Å². The van der Waals surface area contributed by atoms with Gasteiger partial charge in [-0.25, -0.2) is 74.6 Å². The Morgan fingerprint density at radius 3 is 1.23 bits per heavy atom. The number of benzene rings is 4. The zero-order valence-corrected chi connectivity index (χ0v) is 23.3. The van der Waals surface area contributed by atoms with Crippen molar-refractivity contribution < 1.29 is 102 Å². The number of fused-ring (bicyclic) bond motifs is 4. The first-order valence-electron chi connectivity index (χ1n) is 12.9. The maximum absolute atomic E-state index is 16.2. The molecular weight excluding hydrogens is 778 g/mol. The number of rotatable bonds is 5. The molecule has 2 nitrogen and oxygen atoms in total. The Balaban J connectivity index is 1.69. The lowest BCUT2D eigenvalue weighted by Crippen LogP contribution is -2.50. The van der Waals surface area contributed by atoms with Crippen molar-refractivity contribution in [1.82, 2.24) is 0 Å². The van der Waals surface area contributed by atoms with E-state index in [2.05, 4.69) is 9.31 Å². The molecule has 52 heavy (non-hydrogen) atoms. The van der Waals surface area contributed by atoms with Crippen LogP contribution in [0.5, 0.6) is 5.75 Å². The lowest BCUT2D eigenvalue weighted by molar-refractivity contribution is -0.0625. The Bertz CT molecular complexity index is 2330. The molecule has 0 spiro atoms. The standard InChI is InChI=1S/C28BF21O2/c30-8-1-2-6(27(48,49)4(1)12(34)19(41)16(8)38)25(24(46)18(40)9(2)31)51-29(7-14(36)21(43)23(45)22(44)15(7)37)52-28(50)5-3(11(33)26(28)47)10(32)17(39)20(42)13(5)35. The fourth-order valence-corrected chi connectivity index (χ4v) is 5.41. The smallest absolute Gasteiger partial charge is 0.530 e. The average Bonchev–Trinajstić information content (AvgIpc) is 3.46. The second-order valence-electron chi connectivity index (χ2n) is 10.4. The third-order valence-corrected chi connectivity index (χ3v) is 7.68. The molecule has 1 unspecified atom stereocenters. The molecular formula is C28BF21O2. The van der Waals surface area contributed by atoms with Crippen LogP contribution in [0.1, 0.15) is 22.3 Å². The molecule has 0 N–H and O–H groups in total. The summed E-state index contributed by atoms with van der Waals surface area (Å²) in [4.78, 5) is 0. The molecule has 0 saturated heterocycles. The first-order valence-corrected chi connectivity index (χ1v) is 12.9. The van der Waals surface area contributed by atoms with Gasteiger partial charge < -0.3 is 9.31 Å².